The van der Waals surface area contributed by atoms with Crippen LogP contribution in [0.3, 0.4) is 0 Å². The highest BCUT2D eigenvalue weighted by Gasteiger charge is 2.57. The van der Waals surface area contributed by atoms with Crippen LogP contribution >= 0.6 is 0 Å². The molecule has 0 spiro atoms. The summed E-state index contributed by atoms with van der Waals surface area (Å²) in [4.78, 5) is 45.5. The van der Waals surface area contributed by atoms with Crippen LogP contribution in [0.2, 0.25) is 0 Å². The van der Waals surface area contributed by atoms with Crippen molar-refractivity contribution in [2.75, 3.05) is 0 Å². The fraction of sp³-hybridized carbons (Fsp3) is 0.222. The Morgan fingerprint density at radius 1 is 0.650 bits per heavy atom. The van der Waals surface area contributed by atoms with Gasteiger partial charge in [-0.1, -0.05) is 36.4 Å². The van der Waals surface area contributed by atoms with E-state index in [2.05, 4.69) is 0 Å². The van der Waals surface area contributed by atoms with Crippen molar-refractivity contribution in [3.8, 4) is 0 Å². The first-order chi connectivity index (χ1) is 18.1. The smallest absolute Gasteiger partial charge is 0.262 e. The summed E-state index contributed by atoms with van der Waals surface area (Å²) in [5, 5.41) is 22.4. The van der Waals surface area contributed by atoms with Gasteiger partial charge in [0, 0.05) is 12.1 Å². The summed E-state index contributed by atoms with van der Waals surface area (Å²) in [7, 11) is -14.0. The van der Waals surface area contributed by atoms with Crippen molar-refractivity contribution in [3.05, 3.63) is 79.9 Å². The largest absolute Gasteiger partial charge is 0.516 e. The number of para-hydroxylation sites is 2. The number of halogens is 6. The van der Waals surface area contributed by atoms with Crippen LogP contribution in [0.5, 0.6) is 0 Å². The lowest BCUT2D eigenvalue weighted by atomic mass is 10.1. The molecule has 0 unspecified atom stereocenters. The molecule has 2 rings (SSSR count). The van der Waals surface area contributed by atoms with Crippen molar-refractivity contribution in [1.29, 1.82) is 0 Å². The Hall–Kier alpha value is -4.34. The van der Waals surface area contributed by atoms with Crippen LogP contribution in [0.15, 0.2) is 48.5 Å². The van der Waals surface area contributed by atoms with Gasteiger partial charge in [-0.25, -0.2) is 8.61 Å². The molecule has 218 valence electrons. The van der Waals surface area contributed by atoms with E-state index in [1.807, 2.05) is 0 Å². The van der Waals surface area contributed by atoms with Gasteiger partial charge in [-0.2, -0.15) is 43.2 Å². The number of rotatable bonds is 8. The summed E-state index contributed by atoms with van der Waals surface area (Å²) < 4.78 is 126. The monoisotopic (exact) mass is 622 g/mol. The molecule has 22 heteroatoms. The van der Waals surface area contributed by atoms with E-state index in [-0.39, 0.29) is 0 Å². The number of nitrogens with zero attached hydrogens (tertiary/aromatic N) is 4. The highest BCUT2D eigenvalue weighted by Crippen LogP contribution is 2.33. The third-order valence-electron chi connectivity index (χ3n) is 4.81. The zero-order chi connectivity index (χ0) is 30.8. The molecule has 0 aliphatic carbocycles. The van der Waals surface area contributed by atoms with Gasteiger partial charge in [0.25, 0.3) is 11.4 Å². The van der Waals surface area contributed by atoms with E-state index in [0.717, 1.165) is 24.3 Å². The summed E-state index contributed by atoms with van der Waals surface area (Å²) in [6.45, 7) is -3.90. The lowest BCUT2D eigenvalue weighted by Gasteiger charge is -2.27. The number of alkyl halides is 6. The molecule has 0 bridgehead atoms. The van der Waals surface area contributed by atoms with Gasteiger partial charge in [0.2, 0.25) is 0 Å². The van der Waals surface area contributed by atoms with Crippen molar-refractivity contribution in [2.24, 2.45) is 0 Å². The minimum Gasteiger partial charge on any atom is -0.262 e. The van der Waals surface area contributed by atoms with E-state index < -0.39 is 96.9 Å². The molecule has 0 aliphatic rings. The Kier molecular flexibility index (Phi) is 8.79. The highest BCUT2D eigenvalue weighted by atomic mass is 32.2. The SMILES string of the molecule is O=C(C(=O)N(Cc1ccccc1[N+](=O)[O-])S(=O)(=O)C(F)(F)F)N(Cc1ccccc1[N+](=O)[O-])S(=O)(=O)C(F)(F)F. The van der Waals surface area contributed by atoms with Crippen molar-refractivity contribution < 1.29 is 62.6 Å². The number of hydrogen-bond acceptors (Lipinski definition) is 10. The first kappa shape index (κ1) is 31.9. The fourth-order valence-electron chi connectivity index (χ4n) is 2.95. The van der Waals surface area contributed by atoms with Crippen LogP contribution in [0.25, 0.3) is 0 Å². The topological polar surface area (TPSA) is 195 Å². The fourth-order valence-corrected chi connectivity index (χ4v) is 4.66. The Bertz CT molecular complexity index is 1460. The molecule has 40 heavy (non-hydrogen) atoms. The number of nitro groups is 2. The molecular formula is C18H12F6N4O10S2. The molecule has 0 fully saturated rings. The first-order valence-corrected chi connectivity index (χ1v) is 12.7. The van der Waals surface area contributed by atoms with Crippen LogP contribution in [-0.4, -0.2) is 58.1 Å². The van der Waals surface area contributed by atoms with Crippen LogP contribution in [0.1, 0.15) is 11.1 Å². The Morgan fingerprint density at radius 3 is 1.18 bits per heavy atom. The van der Waals surface area contributed by atoms with Gasteiger partial charge < -0.3 is 0 Å². The molecule has 0 heterocycles. The predicted octanol–water partition coefficient (Wildman–Crippen LogP) is 2.56. The van der Waals surface area contributed by atoms with E-state index in [4.69, 9.17) is 0 Å². The lowest BCUT2D eigenvalue weighted by molar-refractivity contribution is -0.385. The third kappa shape index (κ3) is 6.27. The van der Waals surface area contributed by atoms with E-state index in [1.165, 1.54) is 0 Å². The normalized spacial score (nSPS) is 12.4. The molecule has 0 atom stereocenters. The quantitative estimate of drug-likeness (QED) is 0.183. The average Bonchev–Trinajstić information content (AvgIpc) is 2.83. The van der Waals surface area contributed by atoms with Crippen molar-refractivity contribution in [2.45, 2.75) is 24.1 Å². The first-order valence-electron chi connectivity index (χ1n) is 9.85. The van der Waals surface area contributed by atoms with Crippen molar-refractivity contribution in [1.82, 2.24) is 8.61 Å². The molecule has 0 N–H and O–H groups in total. The average molecular weight is 622 g/mol. The second kappa shape index (κ2) is 11.0. The second-order valence-corrected chi connectivity index (χ2v) is 11.0. The standard InChI is InChI=1S/C18H12F6N4O10S2/c19-17(20,21)39(35,36)25(9-11-5-1-3-7-13(11)27(31)32)15(29)16(30)26(40(37,38)18(22,23)24)10-12-6-2-4-8-14(12)28(33)34/h1-8H,9-10H2. The summed E-state index contributed by atoms with van der Waals surface area (Å²) in [6.07, 6.45) is 0. The van der Waals surface area contributed by atoms with E-state index in [9.17, 15) is 73.0 Å². The number of benzene rings is 2. The number of amides is 2. The van der Waals surface area contributed by atoms with E-state index in [1.54, 1.807) is 0 Å². The van der Waals surface area contributed by atoms with Gasteiger partial charge in [0.05, 0.1) is 34.1 Å². The number of sulfonamides is 2. The van der Waals surface area contributed by atoms with Crippen LogP contribution in [-0.2, 0) is 42.7 Å². The number of hydrogen-bond donors (Lipinski definition) is 0. The Balaban J connectivity index is 2.76. The highest BCUT2D eigenvalue weighted by molar-refractivity contribution is 7.91. The summed E-state index contributed by atoms with van der Waals surface area (Å²) in [5.41, 5.74) is -16.9. The molecular weight excluding hydrogens is 610 g/mol. The van der Waals surface area contributed by atoms with Crippen LogP contribution in [0, 0.1) is 20.2 Å². The van der Waals surface area contributed by atoms with Gasteiger partial charge in [-0.3, -0.25) is 29.8 Å². The van der Waals surface area contributed by atoms with Gasteiger partial charge in [0.1, 0.15) is 0 Å². The van der Waals surface area contributed by atoms with Gasteiger partial charge in [-0.05, 0) is 0 Å². The number of nitro benzene ring substituents is 2. The van der Waals surface area contributed by atoms with Crippen molar-refractivity contribution in [3.63, 3.8) is 0 Å². The van der Waals surface area contributed by atoms with Crippen LogP contribution < -0.4 is 0 Å². The number of carbonyl (C=O) groups excluding carboxylic acids is 2. The molecule has 0 aliphatic heterocycles. The molecule has 0 saturated carbocycles. The maximum absolute atomic E-state index is 13.4. The summed E-state index contributed by atoms with van der Waals surface area (Å²) in [5.74, 6) is -6.05. The Labute approximate surface area is 218 Å². The van der Waals surface area contributed by atoms with Gasteiger partial charge in [0.15, 0.2) is 0 Å². The van der Waals surface area contributed by atoms with E-state index >= 15 is 0 Å². The van der Waals surface area contributed by atoms with Crippen LogP contribution in [0.4, 0.5) is 37.7 Å². The minimum absolute atomic E-state index is 0.645. The zero-order valence-electron chi connectivity index (χ0n) is 19.0. The maximum Gasteiger partial charge on any atom is 0.516 e. The minimum atomic E-state index is -7.00. The summed E-state index contributed by atoms with van der Waals surface area (Å²) in [6, 6.07) is 6.40. The third-order valence-corrected chi connectivity index (χ3v) is 7.73. The number of carbonyl (C=O) groups is 2. The molecule has 0 aromatic heterocycles. The second-order valence-electron chi connectivity index (χ2n) is 7.30. The Morgan fingerprint density at radius 2 is 0.925 bits per heavy atom. The lowest BCUT2D eigenvalue weighted by Crippen LogP contribution is -2.53. The molecule has 0 radical (unpaired) electrons. The molecule has 2 aromatic carbocycles. The van der Waals surface area contributed by atoms with E-state index in [0.29, 0.717) is 24.3 Å². The molecule has 14 nitrogen and oxygen atoms in total. The summed E-state index contributed by atoms with van der Waals surface area (Å²) >= 11 is 0. The molecule has 2 aromatic rings. The molecule has 0 saturated heterocycles. The van der Waals surface area contributed by atoms with Gasteiger partial charge >= 0.3 is 42.9 Å². The van der Waals surface area contributed by atoms with Crippen molar-refractivity contribution >= 4 is 43.2 Å². The maximum atomic E-state index is 13.4. The van der Waals surface area contributed by atoms with Gasteiger partial charge in [-0.15, -0.1) is 0 Å². The zero-order valence-corrected chi connectivity index (χ0v) is 20.6. The molecule has 2 amide bonds. The predicted molar refractivity (Wildman–Crippen MR) is 117 cm³/mol.